The smallest absolute Gasteiger partial charge is 0.303 e. The van der Waals surface area contributed by atoms with Crippen molar-refractivity contribution < 1.29 is 20.1 Å². The van der Waals surface area contributed by atoms with Gasteiger partial charge in [0.2, 0.25) is 0 Å². The van der Waals surface area contributed by atoms with Crippen LogP contribution in [0.15, 0.2) is 28.8 Å². The molecule has 1 unspecified atom stereocenters. The van der Waals surface area contributed by atoms with E-state index in [4.69, 9.17) is 5.11 Å². The van der Waals surface area contributed by atoms with Crippen LogP contribution in [0, 0.1) is 18.8 Å². The number of hydrogen-bond donors (Lipinski definition) is 3. The van der Waals surface area contributed by atoms with Gasteiger partial charge in [-0.3, -0.25) is 4.79 Å². The Morgan fingerprint density at radius 3 is 2.71 bits per heavy atom. The number of allylic oxidation sites excluding steroid dienone is 3. The Hall–Kier alpha value is -0.950. The fourth-order valence-corrected chi connectivity index (χ4v) is 6.70. The summed E-state index contributed by atoms with van der Waals surface area (Å²) in [7, 11) is 0. The van der Waals surface area contributed by atoms with Gasteiger partial charge in [-0.1, -0.05) is 38.2 Å². The van der Waals surface area contributed by atoms with Crippen molar-refractivity contribution in [2.24, 2.45) is 11.8 Å². The van der Waals surface area contributed by atoms with Crippen molar-refractivity contribution in [3.63, 3.8) is 0 Å². The second-order valence-electron chi connectivity index (χ2n) is 8.92. The molecule has 0 aliphatic heterocycles. The minimum atomic E-state index is -0.759. The first kappa shape index (κ1) is 26.3. The van der Waals surface area contributed by atoms with Crippen molar-refractivity contribution in [2.45, 2.75) is 90.3 Å². The molecule has 1 aliphatic rings. The van der Waals surface area contributed by atoms with Crippen LogP contribution in [-0.2, 0) is 11.2 Å². The van der Waals surface area contributed by atoms with E-state index in [1.807, 2.05) is 23.5 Å². The highest BCUT2D eigenvalue weighted by molar-refractivity contribution is 9.10. The van der Waals surface area contributed by atoms with Crippen LogP contribution in [0.25, 0.3) is 0 Å². The summed E-state index contributed by atoms with van der Waals surface area (Å²) in [5.41, 5.74) is 1.37. The van der Waals surface area contributed by atoms with E-state index in [9.17, 15) is 15.0 Å². The molecular weight excluding hydrogens is 476 g/mol. The van der Waals surface area contributed by atoms with Crippen LogP contribution in [0.5, 0.6) is 0 Å². The highest BCUT2D eigenvalue weighted by atomic mass is 79.9. The van der Waals surface area contributed by atoms with Crippen LogP contribution < -0.4 is 0 Å². The molecule has 1 aromatic heterocycles. The molecule has 4 nitrogen and oxygen atoms in total. The van der Waals surface area contributed by atoms with E-state index in [-0.39, 0.29) is 24.4 Å². The molecule has 0 amide bonds. The topological polar surface area (TPSA) is 77.8 Å². The predicted octanol–water partition coefficient (Wildman–Crippen LogP) is 6.38. The number of carboxylic acids is 1. The second kappa shape index (κ2) is 12.9. The molecule has 1 fully saturated rings. The number of aliphatic carboxylic acids is 1. The lowest BCUT2D eigenvalue weighted by Crippen LogP contribution is -2.17. The zero-order chi connectivity index (χ0) is 23.0. The van der Waals surface area contributed by atoms with Crippen LogP contribution in [0.3, 0.4) is 0 Å². The van der Waals surface area contributed by atoms with Gasteiger partial charge in [0.1, 0.15) is 0 Å². The number of carboxylic acid groups (broad SMARTS) is 1. The van der Waals surface area contributed by atoms with Crippen LogP contribution >= 0.6 is 27.3 Å². The largest absolute Gasteiger partial charge is 0.481 e. The van der Waals surface area contributed by atoms with Crippen molar-refractivity contribution in [1.29, 1.82) is 0 Å². The first-order chi connectivity index (χ1) is 14.7. The molecule has 0 bridgehead atoms. The van der Waals surface area contributed by atoms with Gasteiger partial charge >= 0.3 is 5.97 Å². The number of hydrogen-bond acceptors (Lipinski definition) is 4. The number of rotatable bonds is 12. The molecule has 0 saturated heterocycles. The average molecular weight is 514 g/mol. The van der Waals surface area contributed by atoms with Gasteiger partial charge in [-0.05, 0) is 91.1 Å². The standard InChI is InChI=1S/C25H37BrO4S/c1-16(2)24-22(31-17(3)25(24)26)15-13-19(27)12-10-18-11-14-21(28)20(18)8-6-4-5-7-9-23(29)30/h4,6,10,12,16,18-21,27-28H,5,7-9,11,13-15H2,1-3H3,(H,29,30)/b6-4-,12-10+/t18-,19+,20+,21?/m0/s1. The van der Waals surface area contributed by atoms with Gasteiger partial charge in [0, 0.05) is 20.6 Å². The van der Waals surface area contributed by atoms with Crippen molar-refractivity contribution in [3.05, 3.63) is 44.1 Å². The van der Waals surface area contributed by atoms with Gasteiger partial charge in [0.25, 0.3) is 0 Å². The highest BCUT2D eigenvalue weighted by Gasteiger charge is 2.32. The Bertz CT molecular complexity index is 768. The summed E-state index contributed by atoms with van der Waals surface area (Å²) < 4.78 is 1.21. The second-order valence-corrected chi connectivity index (χ2v) is 11.0. The summed E-state index contributed by atoms with van der Waals surface area (Å²) in [4.78, 5) is 13.2. The molecule has 4 atom stereocenters. The molecule has 174 valence electrons. The number of aliphatic hydroxyl groups is 2. The normalized spacial score (nSPS) is 22.9. The zero-order valence-electron chi connectivity index (χ0n) is 18.9. The van der Waals surface area contributed by atoms with Crippen LogP contribution in [0.4, 0.5) is 0 Å². The minimum Gasteiger partial charge on any atom is -0.481 e. The minimum absolute atomic E-state index is 0.169. The van der Waals surface area contributed by atoms with E-state index in [0.717, 1.165) is 32.1 Å². The predicted molar refractivity (Wildman–Crippen MR) is 132 cm³/mol. The first-order valence-electron chi connectivity index (χ1n) is 11.4. The first-order valence-corrected chi connectivity index (χ1v) is 13.0. The van der Waals surface area contributed by atoms with E-state index < -0.39 is 12.1 Å². The third-order valence-corrected chi connectivity index (χ3v) is 8.59. The van der Waals surface area contributed by atoms with E-state index in [1.54, 1.807) is 0 Å². The maximum Gasteiger partial charge on any atom is 0.303 e. The van der Waals surface area contributed by atoms with Gasteiger partial charge in [0.15, 0.2) is 0 Å². The Morgan fingerprint density at radius 1 is 1.29 bits per heavy atom. The average Bonchev–Trinajstić information content (AvgIpc) is 3.20. The zero-order valence-corrected chi connectivity index (χ0v) is 21.3. The maximum absolute atomic E-state index is 10.6. The van der Waals surface area contributed by atoms with Crippen molar-refractivity contribution >= 4 is 33.2 Å². The van der Waals surface area contributed by atoms with Crippen LogP contribution in [0.1, 0.15) is 80.0 Å². The molecule has 1 saturated carbocycles. The summed E-state index contributed by atoms with van der Waals surface area (Å²) in [5.74, 6) is 0.144. The molecule has 0 radical (unpaired) electrons. The maximum atomic E-state index is 10.6. The lowest BCUT2D eigenvalue weighted by Gasteiger charge is -2.18. The number of halogens is 1. The fourth-order valence-electron chi connectivity index (χ4n) is 4.39. The number of unbranched alkanes of at least 4 members (excludes halogenated alkanes) is 1. The Labute approximate surface area is 199 Å². The Kier molecular flexibility index (Phi) is 11.0. The fraction of sp³-hybridized carbons (Fsp3) is 0.640. The van der Waals surface area contributed by atoms with Crippen molar-refractivity contribution in [1.82, 2.24) is 0 Å². The van der Waals surface area contributed by atoms with E-state index in [2.05, 4.69) is 48.9 Å². The van der Waals surface area contributed by atoms with Crippen LogP contribution in [0.2, 0.25) is 0 Å². The Balaban J connectivity index is 1.85. The third-order valence-electron chi connectivity index (χ3n) is 6.12. The van der Waals surface area contributed by atoms with E-state index in [0.29, 0.717) is 18.8 Å². The molecule has 1 aliphatic carbocycles. The van der Waals surface area contributed by atoms with Gasteiger partial charge in [-0.2, -0.15) is 0 Å². The SMILES string of the molecule is Cc1sc(CC[C@H](O)/C=C/[C@H]2CCC(O)[C@@H]2C/C=C\CCCC(=O)O)c(C(C)C)c1Br. The summed E-state index contributed by atoms with van der Waals surface area (Å²) in [6.07, 6.45) is 13.0. The quantitative estimate of drug-likeness (QED) is 0.224. The van der Waals surface area contributed by atoms with E-state index >= 15 is 0 Å². The molecule has 31 heavy (non-hydrogen) atoms. The van der Waals surface area contributed by atoms with Crippen molar-refractivity contribution in [3.8, 4) is 0 Å². The number of carbonyl (C=O) groups is 1. The number of aliphatic hydroxyl groups excluding tert-OH is 2. The molecule has 6 heteroatoms. The molecule has 1 aromatic rings. The van der Waals surface area contributed by atoms with E-state index in [1.165, 1.54) is 19.8 Å². The van der Waals surface area contributed by atoms with Gasteiger partial charge in [0.05, 0.1) is 12.2 Å². The molecule has 2 rings (SSSR count). The summed E-state index contributed by atoms with van der Waals surface area (Å²) in [6.45, 7) is 6.54. The number of aryl methyl sites for hydroxylation is 2. The summed E-state index contributed by atoms with van der Waals surface area (Å²) in [6, 6.07) is 0. The molecule has 0 spiro atoms. The highest BCUT2D eigenvalue weighted by Crippen LogP contribution is 2.39. The Morgan fingerprint density at radius 2 is 2.03 bits per heavy atom. The van der Waals surface area contributed by atoms with Gasteiger partial charge < -0.3 is 15.3 Å². The molecule has 3 N–H and O–H groups in total. The lowest BCUT2D eigenvalue weighted by atomic mass is 9.90. The third kappa shape index (κ3) is 8.16. The summed E-state index contributed by atoms with van der Waals surface area (Å²) >= 11 is 5.53. The monoisotopic (exact) mass is 512 g/mol. The number of thiophene rings is 1. The molecule has 0 aromatic carbocycles. The van der Waals surface area contributed by atoms with Gasteiger partial charge in [-0.15, -0.1) is 11.3 Å². The van der Waals surface area contributed by atoms with Crippen LogP contribution in [-0.4, -0.2) is 33.5 Å². The summed E-state index contributed by atoms with van der Waals surface area (Å²) in [5, 5.41) is 29.6. The van der Waals surface area contributed by atoms with Crippen molar-refractivity contribution in [2.75, 3.05) is 0 Å². The molecule has 1 heterocycles. The molecular formula is C25H37BrO4S. The van der Waals surface area contributed by atoms with Gasteiger partial charge in [-0.25, -0.2) is 0 Å². The lowest BCUT2D eigenvalue weighted by molar-refractivity contribution is -0.137.